The number of hydrogen-bond acceptors (Lipinski definition) is 7. The highest BCUT2D eigenvalue weighted by atomic mass is 35.5. The Hall–Kier alpha value is -3.89. The van der Waals surface area contributed by atoms with Crippen molar-refractivity contribution in [1.29, 1.82) is 0 Å². The minimum Gasteiger partial charge on any atom is -0.349 e. The predicted molar refractivity (Wildman–Crippen MR) is 147 cm³/mol. The summed E-state index contributed by atoms with van der Waals surface area (Å²) in [5.74, 6) is -8.31. The van der Waals surface area contributed by atoms with Crippen molar-refractivity contribution < 1.29 is 31.5 Å². The molecular formula is C25H19Cl3F5N9O2. The smallest absolute Gasteiger partial charge is 0.349 e. The molecule has 232 valence electrons. The van der Waals surface area contributed by atoms with Gasteiger partial charge in [-0.15, -0.1) is 10.2 Å². The van der Waals surface area contributed by atoms with E-state index in [0.717, 1.165) is 17.5 Å². The van der Waals surface area contributed by atoms with Crippen molar-refractivity contribution in [2.45, 2.75) is 44.5 Å². The molecule has 3 heterocycles. The lowest BCUT2D eigenvalue weighted by Crippen LogP contribution is -2.35. The van der Waals surface area contributed by atoms with Crippen LogP contribution in [0, 0.1) is 5.92 Å². The molecule has 1 unspecified atom stereocenters. The average Bonchev–Trinajstić information content (AvgIpc) is 3.55. The zero-order valence-corrected chi connectivity index (χ0v) is 24.5. The predicted octanol–water partition coefficient (Wildman–Crippen LogP) is 5.70. The van der Waals surface area contributed by atoms with Crippen molar-refractivity contribution in [2.75, 3.05) is 5.32 Å². The van der Waals surface area contributed by atoms with Gasteiger partial charge in [-0.1, -0.05) is 34.8 Å². The van der Waals surface area contributed by atoms with Crippen molar-refractivity contribution in [3.63, 3.8) is 0 Å². The fraction of sp³-hybridized carbons (Fsp3) is 0.320. The second kappa shape index (κ2) is 11.9. The summed E-state index contributed by atoms with van der Waals surface area (Å²) in [7, 11) is 0. The second-order valence-electron chi connectivity index (χ2n) is 9.82. The Labute approximate surface area is 259 Å². The van der Waals surface area contributed by atoms with Gasteiger partial charge in [0.2, 0.25) is 0 Å². The van der Waals surface area contributed by atoms with E-state index in [9.17, 15) is 31.5 Å². The summed E-state index contributed by atoms with van der Waals surface area (Å²) in [6, 6.07) is 6.66. The number of carbonyl (C=O) groups is 2. The number of alkyl halides is 5. The van der Waals surface area contributed by atoms with Crippen molar-refractivity contribution in [1.82, 2.24) is 40.3 Å². The van der Waals surface area contributed by atoms with E-state index in [1.807, 2.05) is 6.92 Å². The third-order valence-electron chi connectivity index (χ3n) is 6.55. The van der Waals surface area contributed by atoms with Gasteiger partial charge in [-0.05, 0) is 61.2 Å². The maximum absolute atomic E-state index is 13.7. The molecule has 1 atom stereocenters. The first-order valence-corrected chi connectivity index (χ1v) is 13.8. The monoisotopic (exact) mass is 677 g/mol. The van der Waals surface area contributed by atoms with E-state index in [0.29, 0.717) is 10.7 Å². The van der Waals surface area contributed by atoms with E-state index < -0.39 is 36.3 Å². The molecule has 1 saturated carbocycles. The minimum absolute atomic E-state index is 0.0181. The van der Waals surface area contributed by atoms with E-state index in [1.165, 1.54) is 36.5 Å². The summed E-state index contributed by atoms with van der Waals surface area (Å²) in [5.41, 5.74) is -0.393. The Morgan fingerprint density at radius 1 is 1.05 bits per heavy atom. The molecule has 1 aliphatic rings. The number of nitrogens with zero attached hydrogens (tertiary/aromatic N) is 7. The van der Waals surface area contributed by atoms with Crippen molar-refractivity contribution >= 4 is 52.3 Å². The standard InChI is InChI=1S/C25H19Cl3F5N9O2/c1-11(12-4-5-12)35-21(43)15-7-13(26)8-17(28)19(15)36-22(44)18-9-14(38-42(18)20-16(27)3-2-6-34-20)10-41-39-23(37-40-41)24(29,30)25(31,32)33/h2-3,6-9,11-12H,4-5,10H2,1H3,(H,35,43)(H,36,44). The average molecular weight is 679 g/mol. The maximum Gasteiger partial charge on any atom is 0.461 e. The third-order valence-corrected chi connectivity index (χ3v) is 7.36. The molecule has 0 spiro atoms. The lowest BCUT2D eigenvalue weighted by molar-refractivity contribution is -0.292. The van der Waals surface area contributed by atoms with Gasteiger partial charge in [-0.3, -0.25) is 9.59 Å². The molecule has 5 rings (SSSR count). The number of hydrogen-bond donors (Lipinski definition) is 2. The molecule has 0 radical (unpaired) electrons. The van der Waals surface area contributed by atoms with Crippen LogP contribution in [0.3, 0.4) is 0 Å². The van der Waals surface area contributed by atoms with E-state index in [-0.39, 0.29) is 49.6 Å². The summed E-state index contributed by atoms with van der Waals surface area (Å²) in [6.07, 6.45) is -2.65. The van der Waals surface area contributed by atoms with Gasteiger partial charge in [-0.25, -0.2) is 9.67 Å². The molecule has 11 nitrogen and oxygen atoms in total. The summed E-state index contributed by atoms with van der Waals surface area (Å²) in [4.78, 5) is 31.3. The van der Waals surface area contributed by atoms with Crippen LogP contribution < -0.4 is 10.6 Å². The topological polar surface area (TPSA) is 133 Å². The SMILES string of the molecule is CC(NC(=O)c1cc(Cl)cc(Cl)c1NC(=O)c1cc(Cn2nnc(C(F)(F)C(F)(F)F)n2)nn1-c1ncccc1Cl)C1CC1. The molecule has 2 amide bonds. The van der Waals surface area contributed by atoms with Crippen molar-refractivity contribution in [2.24, 2.45) is 5.92 Å². The number of benzene rings is 1. The lowest BCUT2D eigenvalue weighted by atomic mass is 10.1. The normalized spacial score (nSPS) is 14.4. The van der Waals surface area contributed by atoms with Gasteiger partial charge >= 0.3 is 12.1 Å². The van der Waals surface area contributed by atoms with Crippen LogP contribution in [0.5, 0.6) is 0 Å². The summed E-state index contributed by atoms with van der Waals surface area (Å²) >= 11 is 18.8. The zero-order chi connectivity index (χ0) is 32.0. The molecule has 0 saturated heterocycles. The second-order valence-corrected chi connectivity index (χ2v) is 11.1. The Bertz CT molecular complexity index is 1740. The fourth-order valence-corrected chi connectivity index (χ4v) is 4.87. The third kappa shape index (κ3) is 6.46. The first-order valence-electron chi connectivity index (χ1n) is 12.7. The number of anilines is 1. The maximum atomic E-state index is 13.7. The highest BCUT2D eigenvalue weighted by Gasteiger charge is 2.62. The van der Waals surface area contributed by atoms with E-state index in [1.54, 1.807) is 0 Å². The quantitative estimate of drug-likeness (QED) is 0.217. The van der Waals surface area contributed by atoms with Gasteiger partial charge < -0.3 is 10.6 Å². The van der Waals surface area contributed by atoms with Crippen LogP contribution in [0.4, 0.5) is 27.6 Å². The molecule has 3 aromatic heterocycles. The highest BCUT2D eigenvalue weighted by Crippen LogP contribution is 2.42. The largest absolute Gasteiger partial charge is 0.461 e. The van der Waals surface area contributed by atoms with Crippen molar-refractivity contribution in [3.05, 3.63) is 74.4 Å². The molecule has 0 aliphatic heterocycles. The van der Waals surface area contributed by atoms with Crippen LogP contribution in [0.2, 0.25) is 15.1 Å². The van der Waals surface area contributed by atoms with Gasteiger partial charge in [0.15, 0.2) is 5.82 Å². The van der Waals surface area contributed by atoms with Crippen LogP contribution in [-0.4, -0.2) is 59.0 Å². The molecule has 19 heteroatoms. The Morgan fingerprint density at radius 3 is 2.43 bits per heavy atom. The van der Waals surface area contributed by atoms with E-state index >= 15 is 0 Å². The Morgan fingerprint density at radius 2 is 1.77 bits per heavy atom. The number of aromatic nitrogens is 7. The first kappa shape index (κ1) is 31.5. The Balaban J connectivity index is 1.49. The fourth-order valence-electron chi connectivity index (χ4n) is 4.13. The van der Waals surface area contributed by atoms with Gasteiger partial charge in [0.25, 0.3) is 17.6 Å². The molecule has 4 aromatic rings. The van der Waals surface area contributed by atoms with E-state index in [4.69, 9.17) is 34.8 Å². The molecule has 0 bridgehead atoms. The number of tetrazole rings is 1. The van der Waals surface area contributed by atoms with Crippen LogP contribution in [0.25, 0.3) is 5.82 Å². The number of pyridine rings is 1. The molecule has 1 aromatic carbocycles. The first-order chi connectivity index (χ1) is 20.7. The van der Waals surface area contributed by atoms with Crippen LogP contribution in [-0.2, 0) is 12.5 Å². The van der Waals surface area contributed by atoms with Crippen LogP contribution in [0.1, 0.15) is 52.1 Å². The van der Waals surface area contributed by atoms with Crippen molar-refractivity contribution in [3.8, 4) is 5.82 Å². The minimum atomic E-state index is -5.95. The highest BCUT2D eigenvalue weighted by molar-refractivity contribution is 6.38. The van der Waals surface area contributed by atoms with E-state index in [2.05, 4.69) is 36.1 Å². The zero-order valence-electron chi connectivity index (χ0n) is 22.2. The summed E-state index contributed by atoms with van der Waals surface area (Å²) < 4.78 is 66.6. The lowest BCUT2D eigenvalue weighted by Gasteiger charge is -2.17. The number of nitrogens with one attached hydrogen (secondary N) is 2. The number of halogens is 8. The molecule has 1 aliphatic carbocycles. The Kier molecular flexibility index (Phi) is 8.52. The van der Waals surface area contributed by atoms with Crippen LogP contribution in [0.15, 0.2) is 36.5 Å². The number of carbonyl (C=O) groups excluding carboxylic acids is 2. The number of amides is 2. The molecule has 2 N–H and O–H groups in total. The van der Waals surface area contributed by atoms with Crippen LogP contribution >= 0.6 is 34.8 Å². The molecule has 1 fully saturated rings. The summed E-state index contributed by atoms with van der Waals surface area (Å²) in [6.45, 7) is 1.28. The van der Waals surface area contributed by atoms with Gasteiger partial charge in [0.05, 0.1) is 27.0 Å². The van der Waals surface area contributed by atoms with Gasteiger partial charge in [0.1, 0.15) is 12.2 Å². The molecular weight excluding hydrogens is 660 g/mol. The molecule has 44 heavy (non-hydrogen) atoms. The summed E-state index contributed by atoms with van der Waals surface area (Å²) in [5, 5.41) is 19.0. The van der Waals surface area contributed by atoms with Gasteiger partial charge in [-0.2, -0.15) is 31.8 Å². The van der Waals surface area contributed by atoms with Gasteiger partial charge in [0, 0.05) is 17.3 Å². The number of rotatable bonds is 9.